The number of anilines is 1. The highest BCUT2D eigenvalue weighted by Crippen LogP contribution is 2.23. The summed E-state index contributed by atoms with van der Waals surface area (Å²) in [6.45, 7) is -0.0791. The molecule has 0 radical (unpaired) electrons. The van der Waals surface area contributed by atoms with Crippen molar-refractivity contribution < 1.29 is 14.7 Å². The molecule has 0 aliphatic heterocycles. The van der Waals surface area contributed by atoms with Crippen molar-refractivity contribution in [3.05, 3.63) is 77.0 Å². The number of carbonyl (C=O) groups excluding carboxylic acids is 2. The standard InChI is InChI=1S/C17H13NO3/c19-10-11-4-3-5-12(8-11)18-15-9-16(20)13-6-1-2-7-14(13)17(15)21/h1-9,18-19H,10H2. The first-order chi connectivity index (χ1) is 10.2. The summed E-state index contributed by atoms with van der Waals surface area (Å²) >= 11 is 0. The maximum Gasteiger partial charge on any atom is 0.210 e. The fourth-order valence-electron chi connectivity index (χ4n) is 2.31. The summed E-state index contributed by atoms with van der Waals surface area (Å²) in [5.41, 5.74) is 2.47. The van der Waals surface area contributed by atoms with E-state index in [9.17, 15) is 9.59 Å². The van der Waals surface area contributed by atoms with E-state index in [-0.39, 0.29) is 23.9 Å². The summed E-state index contributed by atoms with van der Waals surface area (Å²) in [5.74, 6) is -0.398. The minimum Gasteiger partial charge on any atom is -0.392 e. The molecule has 0 bridgehead atoms. The van der Waals surface area contributed by atoms with Crippen LogP contribution in [0.25, 0.3) is 0 Å². The fourth-order valence-corrected chi connectivity index (χ4v) is 2.31. The van der Waals surface area contributed by atoms with Gasteiger partial charge in [0, 0.05) is 22.9 Å². The molecule has 0 heterocycles. The molecule has 21 heavy (non-hydrogen) atoms. The minimum atomic E-state index is -0.209. The Kier molecular flexibility index (Phi) is 3.38. The molecule has 4 heteroatoms. The Morgan fingerprint density at radius 1 is 0.952 bits per heavy atom. The third-order valence-electron chi connectivity index (χ3n) is 3.35. The van der Waals surface area contributed by atoms with E-state index in [4.69, 9.17) is 5.11 Å². The highest BCUT2D eigenvalue weighted by atomic mass is 16.3. The Labute approximate surface area is 121 Å². The average molecular weight is 279 g/mol. The van der Waals surface area contributed by atoms with Gasteiger partial charge in [-0.25, -0.2) is 0 Å². The lowest BCUT2D eigenvalue weighted by atomic mass is 9.92. The van der Waals surface area contributed by atoms with Crippen molar-refractivity contribution >= 4 is 17.3 Å². The number of ketones is 2. The minimum absolute atomic E-state index is 0.0791. The number of aliphatic hydroxyl groups excluding tert-OH is 1. The van der Waals surface area contributed by atoms with E-state index in [0.717, 1.165) is 5.56 Å². The molecule has 2 N–H and O–H groups in total. The van der Waals surface area contributed by atoms with Gasteiger partial charge in [-0.3, -0.25) is 9.59 Å². The van der Waals surface area contributed by atoms with Crippen LogP contribution in [0, 0.1) is 0 Å². The number of Topliss-reactive ketones (excluding diaryl/α,β-unsaturated/α-hetero) is 1. The largest absolute Gasteiger partial charge is 0.392 e. The predicted octanol–water partition coefficient (Wildman–Crippen LogP) is 2.55. The van der Waals surface area contributed by atoms with E-state index in [1.165, 1.54) is 6.08 Å². The molecule has 2 aromatic rings. The Morgan fingerprint density at radius 2 is 1.71 bits per heavy atom. The van der Waals surface area contributed by atoms with Crippen LogP contribution in [0.2, 0.25) is 0 Å². The second kappa shape index (κ2) is 5.34. The number of nitrogens with one attached hydrogen (secondary N) is 1. The van der Waals surface area contributed by atoms with Gasteiger partial charge in [-0.1, -0.05) is 36.4 Å². The van der Waals surface area contributed by atoms with Crippen molar-refractivity contribution in [2.45, 2.75) is 6.61 Å². The second-order valence-corrected chi connectivity index (χ2v) is 4.78. The zero-order valence-electron chi connectivity index (χ0n) is 11.2. The maximum atomic E-state index is 12.4. The predicted molar refractivity (Wildman–Crippen MR) is 79.2 cm³/mol. The molecule has 0 saturated heterocycles. The number of benzene rings is 2. The first-order valence-corrected chi connectivity index (χ1v) is 6.55. The van der Waals surface area contributed by atoms with Crippen molar-refractivity contribution in [1.29, 1.82) is 0 Å². The Morgan fingerprint density at radius 3 is 2.48 bits per heavy atom. The van der Waals surface area contributed by atoms with Gasteiger partial charge in [-0.05, 0) is 17.7 Å². The zero-order chi connectivity index (χ0) is 14.8. The number of carbonyl (C=O) groups is 2. The van der Waals surface area contributed by atoms with Crippen LogP contribution in [0.5, 0.6) is 0 Å². The highest BCUT2D eigenvalue weighted by molar-refractivity contribution is 6.25. The molecule has 0 spiro atoms. The van der Waals surface area contributed by atoms with E-state index in [1.807, 2.05) is 0 Å². The van der Waals surface area contributed by atoms with Crippen LogP contribution in [-0.2, 0) is 6.61 Å². The van der Waals surface area contributed by atoms with Crippen LogP contribution in [0.15, 0.2) is 60.3 Å². The SMILES string of the molecule is O=C1C=C(Nc2cccc(CO)c2)C(=O)c2ccccc21. The molecule has 0 fully saturated rings. The van der Waals surface area contributed by atoms with Crippen LogP contribution >= 0.6 is 0 Å². The molecular formula is C17H13NO3. The topological polar surface area (TPSA) is 66.4 Å². The van der Waals surface area contributed by atoms with Gasteiger partial charge >= 0.3 is 0 Å². The smallest absolute Gasteiger partial charge is 0.210 e. The summed E-state index contributed by atoms with van der Waals surface area (Å²) < 4.78 is 0. The lowest BCUT2D eigenvalue weighted by Crippen LogP contribution is -2.21. The summed E-state index contributed by atoms with van der Waals surface area (Å²) in [4.78, 5) is 24.4. The molecular weight excluding hydrogens is 266 g/mol. The molecule has 0 saturated carbocycles. The number of allylic oxidation sites excluding steroid dienone is 2. The molecule has 0 amide bonds. The summed E-state index contributed by atoms with van der Waals surface area (Å²) in [6, 6.07) is 13.8. The zero-order valence-corrected chi connectivity index (χ0v) is 11.2. The van der Waals surface area contributed by atoms with Crippen LogP contribution in [0.4, 0.5) is 5.69 Å². The second-order valence-electron chi connectivity index (χ2n) is 4.78. The molecule has 0 aromatic heterocycles. The molecule has 0 unspecified atom stereocenters. The van der Waals surface area contributed by atoms with Crippen LogP contribution < -0.4 is 5.32 Å². The number of hydrogen-bond acceptors (Lipinski definition) is 4. The first-order valence-electron chi connectivity index (χ1n) is 6.55. The van der Waals surface area contributed by atoms with Crippen molar-refractivity contribution in [2.75, 3.05) is 5.32 Å². The van der Waals surface area contributed by atoms with Crippen LogP contribution in [0.1, 0.15) is 26.3 Å². The lowest BCUT2D eigenvalue weighted by molar-refractivity contribution is 0.0985. The summed E-state index contributed by atoms with van der Waals surface area (Å²) in [5, 5.41) is 12.1. The third kappa shape index (κ3) is 2.49. The highest BCUT2D eigenvalue weighted by Gasteiger charge is 2.25. The fraction of sp³-hybridized carbons (Fsp3) is 0.0588. The molecule has 1 aliphatic rings. The lowest BCUT2D eigenvalue weighted by Gasteiger charge is -2.16. The summed E-state index contributed by atoms with van der Waals surface area (Å²) in [7, 11) is 0. The van der Waals surface area contributed by atoms with Crippen molar-refractivity contribution in [3.63, 3.8) is 0 Å². The average Bonchev–Trinajstić information content (AvgIpc) is 2.52. The quantitative estimate of drug-likeness (QED) is 0.906. The molecule has 4 nitrogen and oxygen atoms in total. The van der Waals surface area contributed by atoms with E-state index in [1.54, 1.807) is 48.5 Å². The molecule has 1 aliphatic carbocycles. The van der Waals surface area contributed by atoms with Crippen molar-refractivity contribution in [2.24, 2.45) is 0 Å². The van der Waals surface area contributed by atoms with E-state index in [0.29, 0.717) is 16.8 Å². The molecule has 3 rings (SSSR count). The Balaban J connectivity index is 1.93. The number of rotatable bonds is 3. The van der Waals surface area contributed by atoms with Crippen LogP contribution in [0.3, 0.4) is 0 Å². The number of aliphatic hydroxyl groups is 1. The van der Waals surface area contributed by atoms with Gasteiger partial charge in [0.2, 0.25) is 5.78 Å². The van der Waals surface area contributed by atoms with Gasteiger partial charge in [0.05, 0.1) is 12.3 Å². The Hall–Kier alpha value is -2.72. The first kappa shape index (κ1) is 13.3. The van der Waals surface area contributed by atoms with Gasteiger partial charge in [0.1, 0.15) is 0 Å². The normalized spacial score (nSPS) is 13.7. The van der Waals surface area contributed by atoms with Crippen molar-refractivity contribution in [3.8, 4) is 0 Å². The Bertz CT molecular complexity index is 762. The van der Waals surface area contributed by atoms with Crippen molar-refractivity contribution in [1.82, 2.24) is 0 Å². The number of hydrogen-bond donors (Lipinski definition) is 2. The van der Waals surface area contributed by atoms with E-state index in [2.05, 4.69) is 5.32 Å². The van der Waals surface area contributed by atoms with E-state index >= 15 is 0 Å². The molecule has 0 atom stereocenters. The van der Waals surface area contributed by atoms with Crippen LogP contribution in [-0.4, -0.2) is 16.7 Å². The molecule has 2 aromatic carbocycles. The third-order valence-corrected chi connectivity index (χ3v) is 3.35. The molecule has 104 valence electrons. The number of fused-ring (bicyclic) bond motifs is 1. The van der Waals surface area contributed by atoms with E-state index < -0.39 is 0 Å². The maximum absolute atomic E-state index is 12.4. The van der Waals surface area contributed by atoms with Gasteiger partial charge in [-0.15, -0.1) is 0 Å². The monoisotopic (exact) mass is 279 g/mol. The van der Waals surface area contributed by atoms with Gasteiger partial charge in [0.15, 0.2) is 5.78 Å². The summed E-state index contributed by atoms with van der Waals surface area (Å²) in [6.07, 6.45) is 1.32. The van der Waals surface area contributed by atoms with Gasteiger partial charge in [0.25, 0.3) is 0 Å². The van der Waals surface area contributed by atoms with Gasteiger partial charge < -0.3 is 10.4 Å². The van der Waals surface area contributed by atoms with Gasteiger partial charge in [-0.2, -0.15) is 0 Å².